The van der Waals surface area contributed by atoms with E-state index in [4.69, 9.17) is 5.10 Å². The summed E-state index contributed by atoms with van der Waals surface area (Å²) in [6.45, 7) is 0.928. The molecule has 0 saturated carbocycles. The first-order valence-corrected chi connectivity index (χ1v) is 7.50. The minimum absolute atomic E-state index is 0.813. The van der Waals surface area contributed by atoms with E-state index in [1.165, 1.54) is 5.56 Å². The molecule has 0 atom stereocenters. The van der Waals surface area contributed by atoms with Crippen LogP contribution < -0.4 is 5.32 Å². The lowest BCUT2D eigenvalue weighted by atomic mass is 10.1. The quantitative estimate of drug-likeness (QED) is 0.778. The largest absolute Gasteiger partial charge is 0.369 e. The number of hydrogen-bond donors (Lipinski definition) is 1. The molecule has 0 saturated heterocycles. The van der Waals surface area contributed by atoms with Crippen LogP contribution in [0.5, 0.6) is 0 Å². The summed E-state index contributed by atoms with van der Waals surface area (Å²) in [5.74, 6) is 1.05. The maximum absolute atomic E-state index is 4.74. The number of benzene rings is 1. The predicted molar refractivity (Wildman–Crippen MR) is 84.5 cm³/mol. The summed E-state index contributed by atoms with van der Waals surface area (Å²) in [7, 11) is 0. The number of fused-ring (bicyclic) bond motifs is 1. The number of hydrogen-bond acceptors (Lipinski definition) is 4. The lowest BCUT2D eigenvalue weighted by Crippen LogP contribution is -2.04. The lowest BCUT2D eigenvalue weighted by Gasteiger charge is -2.06. The van der Waals surface area contributed by atoms with E-state index in [0.29, 0.717) is 0 Å². The summed E-state index contributed by atoms with van der Waals surface area (Å²) in [5, 5.41) is 8.15. The molecule has 5 nitrogen and oxygen atoms in total. The fourth-order valence-electron chi connectivity index (χ4n) is 2.57. The van der Waals surface area contributed by atoms with Gasteiger partial charge >= 0.3 is 0 Å². The van der Waals surface area contributed by atoms with Gasteiger partial charge in [0.05, 0.1) is 11.9 Å². The van der Waals surface area contributed by atoms with Crippen molar-refractivity contribution in [1.82, 2.24) is 19.7 Å². The molecule has 1 aliphatic rings. The van der Waals surface area contributed by atoms with Crippen LogP contribution in [0.4, 0.5) is 5.82 Å². The highest BCUT2D eigenvalue weighted by atomic mass is 79.9. The highest BCUT2D eigenvalue weighted by molar-refractivity contribution is 9.10. The van der Waals surface area contributed by atoms with Gasteiger partial charge in [-0.25, -0.2) is 4.68 Å². The van der Waals surface area contributed by atoms with E-state index in [2.05, 4.69) is 31.2 Å². The summed E-state index contributed by atoms with van der Waals surface area (Å²) in [5.41, 5.74) is 3.96. The smallest absolute Gasteiger partial charge is 0.133 e. The normalized spacial score (nSPS) is 13.0. The average molecular weight is 342 g/mol. The zero-order chi connectivity index (χ0) is 14.2. The summed E-state index contributed by atoms with van der Waals surface area (Å²) in [4.78, 5) is 8.52. The number of anilines is 1. The second-order valence-corrected chi connectivity index (χ2v) is 5.75. The van der Waals surface area contributed by atoms with Crippen molar-refractivity contribution in [2.24, 2.45) is 0 Å². The predicted octanol–water partition coefficient (Wildman–Crippen LogP) is 3.06. The van der Waals surface area contributed by atoms with Crippen molar-refractivity contribution in [2.45, 2.75) is 6.42 Å². The molecular weight excluding hydrogens is 330 g/mol. The van der Waals surface area contributed by atoms with Crippen molar-refractivity contribution in [3.63, 3.8) is 0 Å². The van der Waals surface area contributed by atoms with Crippen LogP contribution in [0.15, 0.2) is 47.3 Å². The maximum Gasteiger partial charge on any atom is 0.133 e. The van der Waals surface area contributed by atoms with Crippen LogP contribution in [0.25, 0.3) is 17.1 Å². The van der Waals surface area contributed by atoms with Gasteiger partial charge in [-0.1, -0.05) is 15.9 Å². The van der Waals surface area contributed by atoms with E-state index in [9.17, 15) is 0 Å². The van der Waals surface area contributed by atoms with E-state index in [-0.39, 0.29) is 0 Å². The first kappa shape index (κ1) is 12.5. The third kappa shape index (κ3) is 2.12. The van der Waals surface area contributed by atoms with Crippen LogP contribution in [-0.4, -0.2) is 26.3 Å². The van der Waals surface area contributed by atoms with Crippen LogP contribution in [0.1, 0.15) is 5.56 Å². The van der Waals surface area contributed by atoms with Gasteiger partial charge in [-0.3, -0.25) is 9.97 Å². The number of aromatic nitrogens is 4. The monoisotopic (exact) mass is 341 g/mol. The summed E-state index contributed by atoms with van der Waals surface area (Å²) < 4.78 is 3.00. The molecule has 21 heavy (non-hydrogen) atoms. The lowest BCUT2D eigenvalue weighted by molar-refractivity contribution is 0.879. The summed E-state index contributed by atoms with van der Waals surface area (Å²) in [6, 6.07) is 8.11. The van der Waals surface area contributed by atoms with Crippen molar-refractivity contribution in [3.8, 4) is 17.1 Å². The standard InChI is InChI=1S/C15H12BrN5/c16-10-1-3-11(4-2-10)21-15-12(5-6-19-15)14(20-21)13-9-17-7-8-18-13/h1-4,7-9,19H,5-6H2. The second kappa shape index (κ2) is 4.96. The Balaban J connectivity index is 1.88. The van der Waals surface area contributed by atoms with Crippen molar-refractivity contribution in [2.75, 3.05) is 11.9 Å². The molecule has 0 spiro atoms. The van der Waals surface area contributed by atoms with Gasteiger partial charge in [0.1, 0.15) is 17.2 Å². The van der Waals surface area contributed by atoms with E-state index in [1.807, 2.05) is 28.9 Å². The van der Waals surface area contributed by atoms with Crippen LogP contribution in [0.2, 0.25) is 0 Å². The van der Waals surface area contributed by atoms with Gasteiger partial charge in [0.2, 0.25) is 0 Å². The Morgan fingerprint density at radius 1 is 1.14 bits per heavy atom. The molecule has 0 bridgehead atoms. The SMILES string of the molecule is Brc1ccc(-n2nc(-c3cnccn3)c3c2NCC3)cc1. The Bertz CT molecular complexity index is 780. The molecule has 0 aliphatic carbocycles. The Labute approximate surface area is 130 Å². The van der Waals surface area contributed by atoms with Crippen LogP contribution in [-0.2, 0) is 6.42 Å². The average Bonchev–Trinajstić information content (AvgIpc) is 3.11. The molecule has 6 heteroatoms. The zero-order valence-corrected chi connectivity index (χ0v) is 12.7. The van der Waals surface area contributed by atoms with Crippen molar-refractivity contribution >= 4 is 21.7 Å². The molecule has 4 rings (SSSR count). The van der Waals surface area contributed by atoms with Crippen LogP contribution >= 0.6 is 15.9 Å². The molecule has 0 radical (unpaired) electrons. The molecule has 3 heterocycles. The Morgan fingerprint density at radius 2 is 2.00 bits per heavy atom. The van der Waals surface area contributed by atoms with Crippen molar-refractivity contribution in [1.29, 1.82) is 0 Å². The third-order valence-corrected chi connectivity index (χ3v) is 4.06. The number of halogens is 1. The minimum atomic E-state index is 0.813. The number of nitrogens with one attached hydrogen (secondary N) is 1. The van der Waals surface area contributed by atoms with Gasteiger partial charge in [0, 0.05) is 29.0 Å². The van der Waals surface area contributed by atoms with Gasteiger partial charge in [0.25, 0.3) is 0 Å². The Hall–Kier alpha value is -2.21. The number of rotatable bonds is 2. The van der Waals surface area contributed by atoms with Crippen LogP contribution in [0.3, 0.4) is 0 Å². The molecule has 0 unspecified atom stereocenters. The maximum atomic E-state index is 4.74. The first-order chi connectivity index (χ1) is 10.3. The van der Waals surface area contributed by atoms with Gasteiger partial charge < -0.3 is 5.32 Å². The number of nitrogens with zero attached hydrogens (tertiary/aromatic N) is 4. The highest BCUT2D eigenvalue weighted by Crippen LogP contribution is 2.33. The molecule has 2 aromatic heterocycles. The Morgan fingerprint density at radius 3 is 2.76 bits per heavy atom. The fourth-order valence-corrected chi connectivity index (χ4v) is 2.84. The fraction of sp³-hybridized carbons (Fsp3) is 0.133. The van der Waals surface area contributed by atoms with Crippen molar-refractivity contribution < 1.29 is 0 Å². The molecule has 1 N–H and O–H groups in total. The van der Waals surface area contributed by atoms with E-state index in [1.54, 1.807) is 18.6 Å². The topological polar surface area (TPSA) is 55.6 Å². The van der Waals surface area contributed by atoms with Crippen molar-refractivity contribution in [3.05, 3.63) is 52.9 Å². The van der Waals surface area contributed by atoms with Gasteiger partial charge in [-0.2, -0.15) is 5.10 Å². The third-order valence-electron chi connectivity index (χ3n) is 3.53. The zero-order valence-electron chi connectivity index (χ0n) is 11.1. The van der Waals surface area contributed by atoms with Gasteiger partial charge in [-0.05, 0) is 30.7 Å². The van der Waals surface area contributed by atoms with E-state index in [0.717, 1.165) is 40.3 Å². The molecular formula is C15H12BrN5. The summed E-state index contributed by atoms with van der Waals surface area (Å²) in [6.07, 6.45) is 6.08. The van der Waals surface area contributed by atoms with E-state index >= 15 is 0 Å². The van der Waals surface area contributed by atoms with Crippen LogP contribution in [0, 0.1) is 0 Å². The summed E-state index contributed by atoms with van der Waals surface area (Å²) >= 11 is 3.46. The highest BCUT2D eigenvalue weighted by Gasteiger charge is 2.24. The molecule has 104 valence electrons. The molecule has 1 aromatic carbocycles. The van der Waals surface area contributed by atoms with Gasteiger partial charge in [-0.15, -0.1) is 0 Å². The molecule has 0 fully saturated rings. The molecule has 3 aromatic rings. The Kier molecular flexibility index (Phi) is 2.96. The first-order valence-electron chi connectivity index (χ1n) is 6.71. The van der Waals surface area contributed by atoms with Gasteiger partial charge in [0.15, 0.2) is 0 Å². The molecule has 0 amide bonds. The second-order valence-electron chi connectivity index (χ2n) is 4.83. The molecule has 1 aliphatic heterocycles. The van der Waals surface area contributed by atoms with E-state index < -0.39 is 0 Å². The minimum Gasteiger partial charge on any atom is -0.369 e.